The molecule has 5 nitrogen and oxygen atoms in total. The lowest BCUT2D eigenvalue weighted by Crippen LogP contribution is -2.17. The molecule has 104 valence electrons. The van der Waals surface area contributed by atoms with Gasteiger partial charge in [0.1, 0.15) is 0 Å². The predicted octanol–water partition coefficient (Wildman–Crippen LogP) is 2.16. The first-order valence-electron chi connectivity index (χ1n) is 5.61. The Morgan fingerprint density at radius 3 is 2.79 bits per heavy atom. The third-order valence-electron chi connectivity index (χ3n) is 2.05. The van der Waals surface area contributed by atoms with E-state index in [1.54, 1.807) is 25.1 Å². The second kappa shape index (κ2) is 7.91. The van der Waals surface area contributed by atoms with Gasteiger partial charge in [-0.05, 0) is 25.1 Å². The van der Waals surface area contributed by atoms with Crippen LogP contribution < -0.4 is 11.1 Å². The Kier molecular flexibility index (Phi) is 6.52. The summed E-state index contributed by atoms with van der Waals surface area (Å²) in [5.74, 6) is -0.257. The van der Waals surface area contributed by atoms with Crippen molar-refractivity contribution in [1.29, 1.82) is 0 Å². The summed E-state index contributed by atoms with van der Waals surface area (Å²) in [6, 6.07) is 4.83. The number of amides is 1. The van der Waals surface area contributed by atoms with Gasteiger partial charge in [-0.3, -0.25) is 9.59 Å². The molecule has 0 spiro atoms. The van der Waals surface area contributed by atoms with E-state index in [1.807, 2.05) is 0 Å². The number of nitrogens with two attached hydrogens (primary N) is 1. The number of esters is 1. The van der Waals surface area contributed by atoms with Crippen LogP contribution in [0.1, 0.15) is 6.92 Å². The number of thioether (sulfide) groups is 1. The molecule has 1 aromatic carbocycles. The number of rotatable bonds is 6. The van der Waals surface area contributed by atoms with Crippen LogP contribution >= 0.6 is 23.4 Å². The fourth-order valence-electron chi connectivity index (χ4n) is 1.26. The molecule has 19 heavy (non-hydrogen) atoms. The highest BCUT2D eigenvalue weighted by Gasteiger charge is 2.08. The van der Waals surface area contributed by atoms with E-state index in [2.05, 4.69) is 5.32 Å². The summed E-state index contributed by atoms with van der Waals surface area (Å²) in [5.41, 5.74) is 6.61. The quantitative estimate of drug-likeness (QED) is 0.621. The number of hydrogen-bond donors (Lipinski definition) is 2. The van der Waals surface area contributed by atoms with Crippen molar-refractivity contribution in [3.05, 3.63) is 23.2 Å². The van der Waals surface area contributed by atoms with Crippen molar-refractivity contribution < 1.29 is 14.3 Å². The number of hydrogen-bond acceptors (Lipinski definition) is 5. The molecule has 7 heteroatoms. The Hall–Kier alpha value is -1.40. The summed E-state index contributed by atoms with van der Waals surface area (Å²) >= 11 is 6.94. The molecule has 0 atom stereocenters. The molecular formula is C12H15ClN2O3S. The number of carbonyl (C=O) groups excluding carboxylic acids is 2. The third-order valence-corrected chi connectivity index (χ3v) is 3.19. The normalized spacial score (nSPS) is 10.0. The van der Waals surface area contributed by atoms with Crippen LogP contribution in [0.2, 0.25) is 5.02 Å². The lowest BCUT2D eigenvalue weighted by atomic mass is 10.2. The largest absolute Gasteiger partial charge is 0.465 e. The molecule has 0 bridgehead atoms. The molecule has 0 saturated carbocycles. The van der Waals surface area contributed by atoms with Crippen LogP contribution in [0.15, 0.2) is 18.2 Å². The maximum absolute atomic E-state index is 11.6. The molecule has 1 aromatic rings. The van der Waals surface area contributed by atoms with Crippen LogP contribution in [0.3, 0.4) is 0 Å². The van der Waals surface area contributed by atoms with E-state index in [9.17, 15) is 9.59 Å². The number of halogens is 1. The fourth-order valence-corrected chi connectivity index (χ4v) is 2.05. The summed E-state index contributed by atoms with van der Waals surface area (Å²) in [4.78, 5) is 22.7. The van der Waals surface area contributed by atoms with Gasteiger partial charge in [0.15, 0.2) is 0 Å². The number of ether oxygens (including phenoxy) is 1. The Morgan fingerprint density at radius 2 is 2.16 bits per heavy atom. The summed E-state index contributed by atoms with van der Waals surface area (Å²) in [5, 5.41) is 3.15. The van der Waals surface area contributed by atoms with Crippen molar-refractivity contribution in [2.24, 2.45) is 0 Å². The summed E-state index contributed by atoms with van der Waals surface area (Å²) in [6.45, 7) is 2.07. The second-order valence-corrected chi connectivity index (χ2v) is 5.00. The minimum absolute atomic E-state index is 0.150. The summed E-state index contributed by atoms with van der Waals surface area (Å²) in [7, 11) is 0. The van der Waals surface area contributed by atoms with Crippen LogP contribution in [0, 0.1) is 0 Å². The summed E-state index contributed by atoms with van der Waals surface area (Å²) in [6.07, 6.45) is 0. The lowest BCUT2D eigenvalue weighted by Gasteiger charge is -2.08. The molecule has 0 fully saturated rings. The molecule has 0 heterocycles. The SMILES string of the molecule is CCOC(=O)CSCC(=O)Nc1ccc(Cl)cc1N. The zero-order valence-electron chi connectivity index (χ0n) is 10.4. The first kappa shape index (κ1) is 15.7. The van der Waals surface area contributed by atoms with Crippen LogP contribution in [0.4, 0.5) is 11.4 Å². The van der Waals surface area contributed by atoms with Crippen LogP contribution in [-0.2, 0) is 14.3 Å². The van der Waals surface area contributed by atoms with Crippen molar-refractivity contribution >= 4 is 46.6 Å². The third kappa shape index (κ3) is 5.85. The molecule has 0 aliphatic heterocycles. The molecule has 0 aromatic heterocycles. The van der Waals surface area contributed by atoms with Crippen LogP contribution in [-0.4, -0.2) is 30.0 Å². The molecule has 0 saturated heterocycles. The summed E-state index contributed by atoms with van der Waals surface area (Å²) < 4.78 is 4.75. The van der Waals surface area contributed by atoms with Crippen molar-refractivity contribution in [3.8, 4) is 0 Å². The van der Waals surface area contributed by atoms with E-state index in [-0.39, 0.29) is 23.4 Å². The van der Waals surface area contributed by atoms with Gasteiger partial charge in [0.05, 0.1) is 29.5 Å². The number of nitrogens with one attached hydrogen (secondary N) is 1. The standard InChI is InChI=1S/C12H15ClN2O3S/c1-2-18-12(17)7-19-6-11(16)15-10-4-3-8(13)5-9(10)14/h3-5H,2,6-7,14H2,1H3,(H,15,16). The minimum Gasteiger partial charge on any atom is -0.465 e. The van der Waals surface area contributed by atoms with Crippen molar-refractivity contribution in [1.82, 2.24) is 0 Å². The zero-order valence-corrected chi connectivity index (χ0v) is 12.0. The van der Waals surface area contributed by atoms with E-state index in [4.69, 9.17) is 22.1 Å². The monoisotopic (exact) mass is 302 g/mol. The van der Waals surface area contributed by atoms with Gasteiger partial charge in [-0.25, -0.2) is 0 Å². The second-order valence-electron chi connectivity index (χ2n) is 3.58. The van der Waals surface area contributed by atoms with Gasteiger partial charge < -0.3 is 15.8 Å². The average molecular weight is 303 g/mol. The van der Waals surface area contributed by atoms with Gasteiger partial charge in [0.2, 0.25) is 5.91 Å². The van der Waals surface area contributed by atoms with E-state index < -0.39 is 0 Å². The van der Waals surface area contributed by atoms with Crippen molar-refractivity contribution in [3.63, 3.8) is 0 Å². The molecular weight excluding hydrogens is 288 g/mol. The number of nitrogen functional groups attached to an aromatic ring is 1. The highest BCUT2D eigenvalue weighted by Crippen LogP contribution is 2.22. The lowest BCUT2D eigenvalue weighted by molar-refractivity contribution is -0.139. The molecule has 0 unspecified atom stereocenters. The highest BCUT2D eigenvalue weighted by atomic mass is 35.5. The maximum atomic E-state index is 11.6. The Morgan fingerprint density at radius 1 is 1.42 bits per heavy atom. The van der Waals surface area contributed by atoms with E-state index >= 15 is 0 Å². The van der Waals surface area contributed by atoms with Gasteiger partial charge in [0.25, 0.3) is 0 Å². The van der Waals surface area contributed by atoms with Crippen LogP contribution in [0.5, 0.6) is 0 Å². The molecule has 1 rings (SSSR count). The van der Waals surface area contributed by atoms with Gasteiger partial charge in [-0.1, -0.05) is 11.6 Å². The smallest absolute Gasteiger partial charge is 0.315 e. The number of carbonyl (C=O) groups is 2. The molecule has 0 aliphatic carbocycles. The fraction of sp³-hybridized carbons (Fsp3) is 0.333. The molecule has 0 aliphatic rings. The van der Waals surface area contributed by atoms with Gasteiger partial charge >= 0.3 is 5.97 Å². The van der Waals surface area contributed by atoms with Crippen LogP contribution in [0.25, 0.3) is 0 Å². The highest BCUT2D eigenvalue weighted by molar-refractivity contribution is 8.00. The topological polar surface area (TPSA) is 81.4 Å². The Labute approximate surface area is 120 Å². The number of benzene rings is 1. The van der Waals surface area contributed by atoms with E-state index in [0.717, 1.165) is 0 Å². The van der Waals surface area contributed by atoms with E-state index in [1.165, 1.54) is 11.8 Å². The van der Waals surface area contributed by atoms with Gasteiger partial charge in [0, 0.05) is 5.02 Å². The number of anilines is 2. The average Bonchev–Trinajstić information content (AvgIpc) is 2.33. The van der Waals surface area contributed by atoms with Crippen molar-refractivity contribution in [2.75, 3.05) is 29.2 Å². The predicted molar refractivity (Wildman–Crippen MR) is 78.5 cm³/mol. The van der Waals surface area contributed by atoms with Gasteiger partial charge in [-0.2, -0.15) is 0 Å². The molecule has 1 amide bonds. The Balaban J connectivity index is 2.37. The zero-order chi connectivity index (χ0) is 14.3. The Bertz CT molecular complexity index is 468. The molecule has 3 N–H and O–H groups in total. The minimum atomic E-state index is -0.327. The van der Waals surface area contributed by atoms with Gasteiger partial charge in [-0.15, -0.1) is 11.8 Å². The maximum Gasteiger partial charge on any atom is 0.315 e. The van der Waals surface area contributed by atoms with Crippen molar-refractivity contribution in [2.45, 2.75) is 6.92 Å². The first-order chi connectivity index (χ1) is 9.02. The first-order valence-corrected chi connectivity index (χ1v) is 7.14. The van der Waals surface area contributed by atoms with E-state index in [0.29, 0.717) is 23.0 Å². The molecule has 0 radical (unpaired) electrons.